The number of benzene rings is 1. The predicted molar refractivity (Wildman–Crippen MR) is 80.6 cm³/mol. The van der Waals surface area contributed by atoms with Gasteiger partial charge in [-0.05, 0) is 37.1 Å². The minimum absolute atomic E-state index is 0.633. The van der Waals surface area contributed by atoms with Crippen LogP contribution in [0.1, 0.15) is 25.2 Å². The van der Waals surface area contributed by atoms with Crippen molar-refractivity contribution in [1.82, 2.24) is 9.78 Å². The topological polar surface area (TPSA) is 27.1 Å². The zero-order valence-corrected chi connectivity index (χ0v) is 13.0. The summed E-state index contributed by atoms with van der Waals surface area (Å²) in [5, 5.41) is 4.58. The molecule has 1 aromatic heterocycles. The molecule has 0 saturated heterocycles. The van der Waals surface area contributed by atoms with Crippen LogP contribution in [0.15, 0.2) is 34.8 Å². The van der Waals surface area contributed by atoms with Crippen molar-refractivity contribution in [3.63, 3.8) is 0 Å². The molecule has 0 radical (unpaired) electrons. The van der Waals surface area contributed by atoms with Gasteiger partial charge in [-0.3, -0.25) is 4.68 Å². The Bertz CT molecular complexity index is 537. The second-order valence-electron chi connectivity index (χ2n) is 4.36. The molecule has 1 heterocycles. The Hall–Kier alpha value is -1.29. The predicted octanol–water partition coefficient (Wildman–Crippen LogP) is 3.85. The van der Waals surface area contributed by atoms with E-state index in [1.807, 2.05) is 24.3 Å². The van der Waals surface area contributed by atoms with E-state index in [4.69, 9.17) is 4.74 Å². The van der Waals surface area contributed by atoms with Gasteiger partial charge in [-0.25, -0.2) is 0 Å². The quantitative estimate of drug-likeness (QED) is 0.807. The maximum absolute atomic E-state index is 5.74. The van der Waals surface area contributed by atoms with Crippen LogP contribution in [-0.4, -0.2) is 16.4 Å². The average Bonchev–Trinajstić information content (AvgIpc) is 2.81. The molecule has 2 rings (SSSR count). The van der Waals surface area contributed by atoms with Crippen LogP contribution in [0.2, 0.25) is 0 Å². The molecule has 0 aliphatic rings. The summed E-state index contributed by atoms with van der Waals surface area (Å²) >= 11 is 3.44. The number of aryl methyl sites for hydroxylation is 2. The number of rotatable bonds is 6. The molecule has 0 spiro atoms. The lowest BCUT2D eigenvalue weighted by molar-refractivity contribution is 0.288. The summed E-state index contributed by atoms with van der Waals surface area (Å²) in [6.07, 6.45) is 1.98. The summed E-state index contributed by atoms with van der Waals surface area (Å²) in [5.74, 6) is 0.885. The van der Waals surface area contributed by atoms with Crippen molar-refractivity contribution in [2.45, 2.75) is 33.2 Å². The van der Waals surface area contributed by atoms with Crippen LogP contribution in [0.25, 0.3) is 0 Å². The Morgan fingerprint density at radius 1 is 1.21 bits per heavy atom. The van der Waals surface area contributed by atoms with E-state index in [9.17, 15) is 0 Å². The smallest absolute Gasteiger partial charge is 0.120 e. The van der Waals surface area contributed by atoms with Crippen LogP contribution in [0.4, 0.5) is 0 Å². The molecule has 0 unspecified atom stereocenters. The van der Waals surface area contributed by atoms with Gasteiger partial charge in [0.05, 0.1) is 12.2 Å². The number of nitrogens with zero attached hydrogens (tertiary/aromatic N) is 2. The molecule has 0 amide bonds. The molecule has 0 aliphatic heterocycles. The highest BCUT2D eigenvalue weighted by Crippen LogP contribution is 2.17. The first-order valence-corrected chi connectivity index (χ1v) is 7.46. The van der Waals surface area contributed by atoms with Crippen LogP contribution in [0.5, 0.6) is 5.75 Å². The van der Waals surface area contributed by atoms with Crippen LogP contribution in [0.3, 0.4) is 0 Å². The van der Waals surface area contributed by atoms with Crippen LogP contribution in [-0.2, 0) is 19.4 Å². The Morgan fingerprint density at radius 2 is 2.05 bits per heavy atom. The van der Waals surface area contributed by atoms with Gasteiger partial charge in [0, 0.05) is 10.2 Å². The zero-order chi connectivity index (χ0) is 13.7. The SMILES string of the molecule is CCc1cc(CC)n(CCOc2cccc(Br)c2)n1. The highest BCUT2D eigenvalue weighted by molar-refractivity contribution is 9.10. The largest absolute Gasteiger partial charge is 0.492 e. The van der Waals surface area contributed by atoms with Crippen molar-refractivity contribution in [3.8, 4) is 5.75 Å². The Labute approximate surface area is 122 Å². The monoisotopic (exact) mass is 322 g/mol. The van der Waals surface area contributed by atoms with Crippen molar-refractivity contribution in [3.05, 3.63) is 46.2 Å². The highest BCUT2D eigenvalue weighted by atomic mass is 79.9. The second-order valence-corrected chi connectivity index (χ2v) is 5.28. The lowest BCUT2D eigenvalue weighted by Crippen LogP contribution is -2.12. The van der Waals surface area contributed by atoms with Gasteiger partial charge in [0.25, 0.3) is 0 Å². The van der Waals surface area contributed by atoms with E-state index in [1.54, 1.807) is 0 Å². The first-order chi connectivity index (χ1) is 9.22. The van der Waals surface area contributed by atoms with Crippen LogP contribution >= 0.6 is 15.9 Å². The molecular formula is C15H19BrN2O. The molecule has 0 aliphatic carbocycles. The first-order valence-electron chi connectivity index (χ1n) is 6.67. The van der Waals surface area contributed by atoms with Gasteiger partial charge in [-0.1, -0.05) is 35.8 Å². The molecule has 2 aromatic rings. The highest BCUT2D eigenvalue weighted by Gasteiger charge is 2.05. The third kappa shape index (κ3) is 3.83. The average molecular weight is 323 g/mol. The first kappa shape index (κ1) is 14.1. The van der Waals surface area contributed by atoms with Crippen molar-refractivity contribution < 1.29 is 4.74 Å². The Morgan fingerprint density at radius 3 is 2.74 bits per heavy atom. The van der Waals surface area contributed by atoms with Crippen LogP contribution < -0.4 is 4.74 Å². The summed E-state index contributed by atoms with van der Waals surface area (Å²) in [6, 6.07) is 10.1. The fraction of sp³-hybridized carbons (Fsp3) is 0.400. The summed E-state index contributed by atoms with van der Waals surface area (Å²) in [6.45, 7) is 5.70. The number of hydrogen-bond donors (Lipinski definition) is 0. The molecule has 0 N–H and O–H groups in total. The van der Waals surface area contributed by atoms with E-state index >= 15 is 0 Å². The summed E-state index contributed by atoms with van der Waals surface area (Å²) < 4.78 is 8.83. The van der Waals surface area contributed by atoms with E-state index < -0.39 is 0 Å². The molecule has 102 valence electrons. The number of aromatic nitrogens is 2. The van der Waals surface area contributed by atoms with E-state index in [0.717, 1.165) is 35.3 Å². The lowest BCUT2D eigenvalue weighted by Gasteiger charge is -2.08. The zero-order valence-electron chi connectivity index (χ0n) is 11.4. The third-order valence-electron chi connectivity index (χ3n) is 3.01. The van der Waals surface area contributed by atoms with E-state index in [0.29, 0.717) is 6.61 Å². The molecule has 1 aromatic carbocycles. The van der Waals surface area contributed by atoms with Gasteiger partial charge < -0.3 is 4.74 Å². The lowest BCUT2D eigenvalue weighted by atomic mass is 10.3. The standard InChI is InChI=1S/C15H19BrN2O/c1-3-13-11-14(4-2)18(17-13)8-9-19-15-7-5-6-12(16)10-15/h5-7,10-11H,3-4,8-9H2,1-2H3. The molecule has 0 atom stereocenters. The summed E-state index contributed by atoms with van der Waals surface area (Å²) in [5.41, 5.74) is 2.42. The maximum atomic E-state index is 5.74. The third-order valence-corrected chi connectivity index (χ3v) is 3.50. The Balaban J connectivity index is 1.93. The maximum Gasteiger partial charge on any atom is 0.120 e. The van der Waals surface area contributed by atoms with Gasteiger partial charge in [0.2, 0.25) is 0 Å². The molecule has 0 bridgehead atoms. The van der Waals surface area contributed by atoms with Gasteiger partial charge in [-0.2, -0.15) is 5.10 Å². The molecule has 0 fully saturated rings. The minimum Gasteiger partial charge on any atom is -0.492 e. The van der Waals surface area contributed by atoms with Gasteiger partial charge in [-0.15, -0.1) is 0 Å². The van der Waals surface area contributed by atoms with E-state index in [1.165, 1.54) is 5.69 Å². The number of ether oxygens (including phenoxy) is 1. The number of halogens is 1. The minimum atomic E-state index is 0.633. The van der Waals surface area contributed by atoms with Crippen molar-refractivity contribution in [2.75, 3.05) is 6.61 Å². The summed E-state index contributed by atoms with van der Waals surface area (Å²) in [4.78, 5) is 0. The fourth-order valence-electron chi connectivity index (χ4n) is 1.97. The Kier molecular flexibility index (Phi) is 5.02. The normalized spacial score (nSPS) is 10.7. The van der Waals surface area contributed by atoms with Gasteiger partial charge in [0.1, 0.15) is 12.4 Å². The van der Waals surface area contributed by atoms with Gasteiger partial charge in [0.15, 0.2) is 0 Å². The van der Waals surface area contributed by atoms with Crippen molar-refractivity contribution >= 4 is 15.9 Å². The fourth-order valence-corrected chi connectivity index (χ4v) is 2.35. The van der Waals surface area contributed by atoms with E-state index in [-0.39, 0.29) is 0 Å². The number of hydrogen-bond acceptors (Lipinski definition) is 2. The molecule has 4 heteroatoms. The molecular weight excluding hydrogens is 304 g/mol. The van der Waals surface area contributed by atoms with Crippen molar-refractivity contribution in [2.24, 2.45) is 0 Å². The molecule has 19 heavy (non-hydrogen) atoms. The van der Waals surface area contributed by atoms with Crippen LogP contribution in [0, 0.1) is 0 Å². The molecule has 3 nitrogen and oxygen atoms in total. The second kappa shape index (κ2) is 6.75. The van der Waals surface area contributed by atoms with Crippen molar-refractivity contribution in [1.29, 1.82) is 0 Å². The van der Waals surface area contributed by atoms with Gasteiger partial charge >= 0.3 is 0 Å². The summed E-state index contributed by atoms with van der Waals surface area (Å²) in [7, 11) is 0. The molecule has 0 saturated carbocycles. The van der Waals surface area contributed by atoms with E-state index in [2.05, 4.69) is 45.6 Å².